The molecule has 4 nitrogen and oxygen atoms in total. The Bertz CT molecular complexity index is 352. The van der Waals surface area contributed by atoms with E-state index in [1.54, 1.807) is 18.2 Å². The number of carboxylic acid groups (broad SMARTS) is 1. The van der Waals surface area contributed by atoms with Gasteiger partial charge in [-0.05, 0) is 6.92 Å². The van der Waals surface area contributed by atoms with Crippen LogP contribution in [0.3, 0.4) is 0 Å². The van der Waals surface area contributed by atoms with Gasteiger partial charge < -0.3 is 19.9 Å². The van der Waals surface area contributed by atoms with Crippen molar-refractivity contribution >= 4 is 5.97 Å². The third kappa shape index (κ3) is 3.32. The van der Waals surface area contributed by atoms with Gasteiger partial charge in [0.15, 0.2) is 0 Å². The predicted molar refractivity (Wildman–Crippen MR) is 57.9 cm³/mol. The third-order valence-electron chi connectivity index (χ3n) is 2.64. The second-order valence-electron chi connectivity index (χ2n) is 3.70. The van der Waals surface area contributed by atoms with Crippen molar-refractivity contribution in [3.8, 4) is 0 Å². The molecule has 0 aliphatic heterocycles. The van der Waals surface area contributed by atoms with E-state index in [9.17, 15) is 9.90 Å². The number of hydrogen-bond acceptors (Lipinski definition) is 3. The fourth-order valence-electron chi connectivity index (χ4n) is 1.69. The van der Waals surface area contributed by atoms with E-state index in [4.69, 9.17) is 5.11 Å². The van der Waals surface area contributed by atoms with Gasteiger partial charge in [0, 0.05) is 11.1 Å². The standard InChI is InChI=1S/C12H17NO3/c1-2-13(7-8-14)9-10-5-3-4-6-11(10)12(15)16/h3-6,14H,2,7-9H2,1H3,(H,15,16). The van der Waals surface area contributed by atoms with Crippen molar-refractivity contribution in [3.05, 3.63) is 35.4 Å². The number of nitrogens with one attached hydrogen (secondary N) is 1. The highest BCUT2D eigenvalue weighted by atomic mass is 16.4. The Morgan fingerprint density at radius 3 is 2.69 bits per heavy atom. The minimum Gasteiger partial charge on any atom is -0.545 e. The lowest BCUT2D eigenvalue weighted by Crippen LogP contribution is -3.10. The molecule has 0 heterocycles. The molecular weight excluding hydrogens is 206 g/mol. The zero-order valence-corrected chi connectivity index (χ0v) is 9.40. The number of hydrogen-bond donors (Lipinski definition) is 2. The fraction of sp³-hybridized carbons (Fsp3) is 0.417. The molecule has 0 aliphatic carbocycles. The van der Waals surface area contributed by atoms with Crippen LogP contribution >= 0.6 is 0 Å². The summed E-state index contributed by atoms with van der Waals surface area (Å²) in [5, 5.41) is 19.8. The molecule has 1 atom stereocenters. The zero-order valence-electron chi connectivity index (χ0n) is 9.40. The van der Waals surface area contributed by atoms with Crippen LogP contribution in [0.15, 0.2) is 24.3 Å². The van der Waals surface area contributed by atoms with Crippen molar-refractivity contribution in [2.45, 2.75) is 13.5 Å². The SMILES string of the molecule is CC[NH+](CCO)Cc1ccccc1C(=O)[O-]. The lowest BCUT2D eigenvalue weighted by molar-refractivity contribution is -0.912. The Kier molecular flexibility index (Phi) is 4.95. The van der Waals surface area contributed by atoms with E-state index in [-0.39, 0.29) is 12.2 Å². The van der Waals surface area contributed by atoms with Crippen molar-refractivity contribution in [2.75, 3.05) is 19.7 Å². The van der Waals surface area contributed by atoms with Crippen molar-refractivity contribution in [2.24, 2.45) is 0 Å². The normalized spacial score (nSPS) is 12.4. The summed E-state index contributed by atoms with van der Waals surface area (Å²) < 4.78 is 0. The van der Waals surface area contributed by atoms with Crippen LogP contribution in [-0.2, 0) is 6.54 Å². The molecule has 1 aromatic rings. The third-order valence-corrected chi connectivity index (χ3v) is 2.64. The first kappa shape index (κ1) is 12.7. The van der Waals surface area contributed by atoms with Gasteiger partial charge in [-0.2, -0.15) is 0 Å². The minimum absolute atomic E-state index is 0.108. The number of rotatable bonds is 6. The van der Waals surface area contributed by atoms with Crippen LogP contribution < -0.4 is 10.0 Å². The van der Waals surface area contributed by atoms with E-state index in [1.165, 1.54) is 0 Å². The predicted octanol–water partition coefficient (Wildman–Crippen LogP) is -1.55. The molecule has 1 aromatic carbocycles. The molecule has 0 spiro atoms. The Morgan fingerprint density at radius 1 is 1.44 bits per heavy atom. The number of quaternary nitrogens is 1. The molecule has 1 unspecified atom stereocenters. The quantitative estimate of drug-likeness (QED) is 0.613. The zero-order chi connectivity index (χ0) is 12.0. The molecule has 4 heteroatoms. The Balaban J connectivity index is 2.82. The molecule has 2 N–H and O–H groups in total. The number of carboxylic acids is 1. The highest BCUT2D eigenvalue weighted by Gasteiger charge is 2.10. The van der Waals surface area contributed by atoms with Gasteiger partial charge in [0.05, 0.1) is 19.1 Å². The average molecular weight is 223 g/mol. The number of carbonyl (C=O) groups excluding carboxylic acids is 1. The second kappa shape index (κ2) is 6.25. The number of aliphatic hydroxyl groups excluding tert-OH is 1. The molecule has 0 radical (unpaired) electrons. The lowest BCUT2D eigenvalue weighted by Gasteiger charge is -2.18. The van der Waals surface area contributed by atoms with Crippen molar-refractivity contribution < 1.29 is 19.9 Å². The molecule has 16 heavy (non-hydrogen) atoms. The molecule has 0 amide bonds. The summed E-state index contributed by atoms with van der Waals surface area (Å²) in [6.07, 6.45) is 0. The first-order valence-electron chi connectivity index (χ1n) is 5.42. The Hall–Kier alpha value is -1.39. The van der Waals surface area contributed by atoms with Gasteiger partial charge in [0.25, 0.3) is 0 Å². The maximum atomic E-state index is 10.9. The monoisotopic (exact) mass is 223 g/mol. The molecular formula is C12H17NO3. The first-order valence-corrected chi connectivity index (χ1v) is 5.42. The average Bonchev–Trinajstić information content (AvgIpc) is 2.29. The van der Waals surface area contributed by atoms with E-state index in [1.807, 2.05) is 13.0 Å². The highest BCUT2D eigenvalue weighted by molar-refractivity contribution is 5.87. The maximum absolute atomic E-state index is 10.9. The number of likely N-dealkylation sites (N-methyl/N-ethyl adjacent to an activating group) is 1. The number of aromatic carboxylic acids is 1. The molecule has 0 aromatic heterocycles. The van der Waals surface area contributed by atoms with E-state index in [0.29, 0.717) is 13.1 Å². The van der Waals surface area contributed by atoms with Gasteiger partial charge in [-0.15, -0.1) is 0 Å². The summed E-state index contributed by atoms with van der Waals surface area (Å²) in [5.74, 6) is -1.14. The smallest absolute Gasteiger partial charge is 0.104 e. The lowest BCUT2D eigenvalue weighted by atomic mass is 10.1. The van der Waals surface area contributed by atoms with Crippen LogP contribution in [-0.4, -0.2) is 30.8 Å². The summed E-state index contributed by atoms with van der Waals surface area (Å²) >= 11 is 0. The largest absolute Gasteiger partial charge is 0.545 e. The molecule has 1 rings (SSSR count). The fourth-order valence-corrected chi connectivity index (χ4v) is 1.69. The van der Waals surface area contributed by atoms with Crippen molar-refractivity contribution in [1.29, 1.82) is 0 Å². The minimum atomic E-state index is -1.14. The number of carbonyl (C=O) groups is 1. The van der Waals surface area contributed by atoms with Crippen LogP contribution in [0.4, 0.5) is 0 Å². The van der Waals surface area contributed by atoms with Gasteiger partial charge >= 0.3 is 0 Å². The summed E-state index contributed by atoms with van der Waals surface area (Å²) in [7, 11) is 0. The van der Waals surface area contributed by atoms with E-state index < -0.39 is 5.97 Å². The molecule has 88 valence electrons. The van der Waals surface area contributed by atoms with Crippen LogP contribution in [0.2, 0.25) is 0 Å². The van der Waals surface area contributed by atoms with E-state index >= 15 is 0 Å². The molecule has 0 aliphatic rings. The Labute approximate surface area is 95.1 Å². The second-order valence-corrected chi connectivity index (χ2v) is 3.70. The van der Waals surface area contributed by atoms with Gasteiger partial charge in [0.1, 0.15) is 13.1 Å². The summed E-state index contributed by atoms with van der Waals surface area (Å²) in [4.78, 5) is 12.0. The molecule has 0 fully saturated rings. The summed E-state index contributed by atoms with van der Waals surface area (Å²) in [5.41, 5.74) is 0.999. The van der Waals surface area contributed by atoms with Crippen LogP contribution in [0, 0.1) is 0 Å². The summed E-state index contributed by atoms with van der Waals surface area (Å²) in [6, 6.07) is 6.84. The van der Waals surface area contributed by atoms with Crippen molar-refractivity contribution in [3.63, 3.8) is 0 Å². The van der Waals surface area contributed by atoms with E-state index in [0.717, 1.165) is 17.0 Å². The van der Waals surface area contributed by atoms with Gasteiger partial charge in [-0.3, -0.25) is 0 Å². The highest BCUT2D eigenvalue weighted by Crippen LogP contribution is 2.05. The topological polar surface area (TPSA) is 64.8 Å². The number of benzene rings is 1. The van der Waals surface area contributed by atoms with Gasteiger partial charge in [0.2, 0.25) is 0 Å². The van der Waals surface area contributed by atoms with Gasteiger partial charge in [-0.1, -0.05) is 24.3 Å². The maximum Gasteiger partial charge on any atom is 0.104 e. The molecule has 0 bridgehead atoms. The van der Waals surface area contributed by atoms with E-state index in [2.05, 4.69) is 0 Å². The number of aliphatic hydroxyl groups is 1. The van der Waals surface area contributed by atoms with Crippen LogP contribution in [0.5, 0.6) is 0 Å². The summed E-state index contributed by atoms with van der Waals surface area (Å²) in [6.45, 7) is 4.18. The first-order chi connectivity index (χ1) is 7.69. The van der Waals surface area contributed by atoms with Crippen LogP contribution in [0.1, 0.15) is 22.8 Å². The Morgan fingerprint density at radius 2 is 2.12 bits per heavy atom. The van der Waals surface area contributed by atoms with Crippen LogP contribution in [0.25, 0.3) is 0 Å². The van der Waals surface area contributed by atoms with Gasteiger partial charge in [-0.25, -0.2) is 0 Å². The molecule has 0 saturated carbocycles. The molecule has 0 saturated heterocycles. The van der Waals surface area contributed by atoms with Crippen molar-refractivity contribution in [1.82, 2.24) is 0 Å².